The normalized spacial score (nSPS) is 16.2. The minimum absolute atomic E-state index is 0.323. The zero-order chi connectivity index (χ0) is 15.9. The van der Waals surface area contributed by atoms with Gasteiger partial charge in [0.2, 0.25) is 0 Å². The van der Waals surface area contributed by atoms with Crippen molar-refractivity contribution >= 4 is 17.3 Å². The third-order valence-corrected chi connectivity index (χ3v) is 4.68. The summed E-state index contributed by atoms with van der Waals surface area (Å²) < 4.78 is 5.65. The highest BCUT2D eigenvalue weighted by atomic mass is 32.1. The molecule has 1 aliphatic heterocycles. The third kappa shape index (κ3) is 4.56. The first-order chi connectivity index (χ1) is 11.3. The number of nitrogens with one attached hydrogen (secondary N) is 3. The molecule has 1 aromatic carbocycles. The van der Waals surface area contributed by atoms with Crippen LogP contribution in [0.25, 0.3) is 0 Å². The molecular weight excluding hydrogens is 306 g/mol. The molecular formula is C18H24N3OS+. The Morgan fingerprint density at radius 3 is 2.57 bits per heavy atom. The molecule has 1 saturated heterocycles. The SMILES string of the molecule is S=C(NCc1ccccc1)NC[C@H](c1ccco1)[NH+]1CCCC1. The van der Waals surface area contributed by atoms with Crippen LogP contribution in [0.3, 0.4) is 0 Å². The fourth-order valence-electron chi connectivity index (χ4n) is 3.15. The fourth-order valence-corrected chi connectivity index (χ4v) is 3.30. The highest BCUT2D eigenvalue weighted by Gasteiger charge is 2.29. The Labute approximate surface area is 142 Å². The quantitative estimate of drug-likeness (QED) is 0.705. The predicted octanol–water partition coefficient (Wildman–Crippen LogP) is 1.66. The molecule has 3 rings (SSSR count). The minimum atomic E-state index is 0.323. The molecule has 0 spiro atoms. The van der Waals surface area contributed by atoms with Crippen LogP contribution in [-0.4, -0.2) is 24.7 Å². The van der Waals surface area contributed by atoms with E-state index in [1.807, 2.05) is 24.3 Å². The second-order valence-corrected chi connectivity index (χ2v) is 6.39. The van der Waals surface area contributed by atoms with Gasteiger partial charge in [-0.05, 0) is 29.9 Å². The molecule has 0 amide bonds. The van der Waals surface area contributed by atoms with E-state index < -0.39 is 0 Å². The number of benzene rings is 1. The second kappa shape index (κ2) is 8.13. The van der Waals surface area contributed by atoms with Crippen LogP contribution in [0.1, 0.15) is 30.2 Å². The molecule has 0 aliphatic carbocycles. The standard InChI is InChI=1S/C18H23N3OS/c23-18(19-13-15-7-2-1-3-8-15)20-14-16(17-9-6-12-22-17)21-10-4-5-11-21/h1-3,6-9,12,16H,4-5,10-11,13-14H2,(H2,19,20,23)/p+1/t16-/m1/s1. The molecule has 0 unspecified atom stereocenters. The summed E-state index contributed by atoms with van der Waals surface area (Å²) in [5, 5.41) is 7.33. The van der Waals surface area contributed by atoms with Crippen LogP contribution in [0, 0.1) is 0 Å². The van der Waals surface area contributed by atoms with Gasteiger partial charge in [0.1, 0.15) is 0 Å². The van der Waals surface area contributed by atoms with Gasteiger partial charge in [0.05, 0.1) is 25.9 Å². The van der Waals surface area contributed by atoms with E-state index >= 15 is 0 Å². The molecule has 0 bridgehead atoms. The summed E-state index contributed by atoms with van der Waals surface area (Å²) in [7, 11) is 0. The number of likely N-dealkylation sites (tertiary alicyclic amines) is 1. The van der Waals surface area contributed by atoms with Crippen LogP contribution in [0.4, 0.5) is 0 Å². The lowest BCUT2D eigenvalue weighted by Crippen LogP contribution is -3.11. The van der Waals surface area contributed by atoms with E-state index in [2.05, 4.69) is 28.8 Å². The van der Waals surface area contributed by atoms with Crippen molar-refractivity contribution in [3.05, 3.63) is 60.1 Å². The topological polar surface area (TPSA) is 41.6 Å². The molecule has 1 atom stereocenters. The Morgan fingerprint density at radius 2 is 1.87 bits per heavy atom. The Balaban J connectivity index is 1.51. The summed E-state index contributed by atoms with van der Waals surface area (Å²) in [6.07, 6.45) is 4.34. The zero-order valence-corrected chi connectivity index (χ0v) is 14.1. The highest BCUT2D eigenvalue weighted by molar-refractivity contribution is 7.80. The summed E-state index contributed by atoms with van der Waals surface area (Å²) in [4.78, 5) is 1.58. The Bertz CT molecular complexity index is 594. The van der Waals surface area contributed by atoms with Gasteiger partial charge in [-0.3, -0.25) is 0 Å². The molecule has 1 fully saturated rings. The van der Waals surface area contributed by atoms with Gasteiger partial charge in [-0.15, -0.1) is 0 Å². The van der Waals surface area contributed by atoms with Crippen molar-refractivity contribution in [3.63, 3.8) is 0 Å². The maximum atomic E-state index is 5.65. The smallest absolute Gasteiger partial charge is 0.166 e. The fraction of sp³-hybridized carbons (Fsp3) is 0.389. The van der Waals surface area contributed by atoms with Crippen molar-refractivity contribution in [1.82, 2.24) is 10.6 Å². The maximum Gasteiger partial charge on any atom is 0.166 e. The molecule has 2 heterocycles. The number of hydrogen-bond acceptors (Lipinski definition) is 2. The van der Waals surface area contributed by atoms with Crippen LogP contribution in [-0.2, 0) is 6.54 Å². The maximum absolute atomic E-state index is 5.65. The Kier molecular flexibility index (Phi) is 5.66. The summed E-state index contributed by atoms with van der Waals surface area (Å²) in [5.74, 6) is 1.04. The average molecular weight is 330 g/mol. The number of hydrogen-bond donors (Lipinski definition) is 3. The summed E-state index contributed by atoms with van der Waals surface area (Å²) in [5.41, 5.74) is 1.23. The van der Waals surface area contributed by atoms with Gasteiger partial charge < -0.3 is 20.0 Å². The Hall–Kier alpha value is -1.85. The minimum Gasteiger partial charge on any atom is -0.463 e. The van der Waals surface area contributed by atoms with Crippen LogP contribution in [0.15, 0.2) is 53.1 Å². The number of furan rings is 1. The molecule has 1 aromatic heterocycles. The van der Waals surface area contributed by atoms with Crippen LogP contribution >= 0.6 is 12.2 Å². The van der Waals surface area contributed by atoms with E-state index in [1.165, 1.54) is 31.5 Å². The van der Waals surface area contributed by atoms with Crippen molar-refractivity contribution in [1.29, 1.82) is 0 Å². The highest BCUT2D eigenvalue weighted by Crippen LogP contribution is 2.11. The van der Waals surface area contributed by atoms with E-state index in [0.29, 0.717) is 11.2 Å². The van der Waals surface area contributed by atoms with E-state index in [0.717, 1.165) is 18.8 Å². The molecule has 23 heavy (non-hydrogen) atoms. The second-order valence-electron chi connectivity index (χ2n) is 5.98. The van der Waals surface area contributed by atoms with Crippen molar-refractivity contribution < 1.29 is 9.32 Å². The van der Waals surface area contributed by atoms with Crippen molar-refractivity contribution in [3.8, 4) is 0 Å². The van der Waals surface area contributed by atoms with Gasteiger partial charge in [0.15, 0.2) is 16.9 Å². The largest absolute Gasteiger partial charge is 0.463 e. The average Bonchev–Trinajstić information content (AvgIpc) is 3.28. The summed E-state index contributed by atoms with van der Waals surface area (Å²) in [6.45, 7) is 3.95. The zero-order valence-electron chi connectivity index (χ0n) is 13.3. The van der Waals surface area contributed by atoms with Gasteiger partial charge in [-0.1, -0.05) is 30.3 Å². The van der Waals surface area contributed by atoms with E-state index in [4.69, 9.17) is 16.6 Å². The molecule has 0 radical (unpaired) electrons. The van der Waals surface area contributed by atoms with Gasteiger partial charge in [0, 0.05) is 19.4 Å². The van der Waals surface area contributed by atoms with Crippen LogP contribution in [0.2, 0.25) is 0 Å². The first kappa shape index (κ1) is 16.0. The molecule has 5 heteroatoms. The van der Waals surface area contributed by atoms with E-state index in [1.54, 1.807) is 11.2 Å². The molecule has 1 aliphatic rings. The van der Waals surface area contributed by atoms with E-state index in [9.17, 15) is 0 Å². The van der Waals surface area contributed by atoms with Gasteiger partial charge in [-0.2, -0.15) is 0 Å². The van der Waals surface area contributed by atoms with Crippen molar-refractivity contribution in [2.75, 3.05) is 19.6 Å². The van der Waals surface area contributed by atoms with Crippen LogP contribution < -0.4 is 15.5 Å². The lowest BCUT2D eigenvalue weighted by Gasteiger charge is -2.23. The molecule has 2 aromatic rings. The lowest BCUT2D eigenvalue weighted by atomic mass is 10.2. The van der Waals surface area contributed by atoms with Crippen molar-refractivity contribution in [2.24, 2.45) is 0 Å². The number of quaternary nitrogens is 1. The first-order valence-corrected chi connectivity index (χ1v) is 8.67. The molecule has 3 N–H and O–H groups in total. The number of thiocarbonyl (C=S) groups is 1. The lowest BCUT2D eigenvalue weighted by molar-refractivity contribution is -0.919. The summed E-state index contributed by atoms with van der Waals surface area (Å²) >= 11 is 5.41. The van der Waals surface area contributed by atoms with E-state index in [-0.39, 0.29) is 0 Å². The van der Waals surface area contributed by atoms with Crippen molar-refractivity contribution in [2.45, 2.75) is 25.4 Å². The predicted molar refractivity (Wildman–Crippen MR) is 95.3 cm³/mol. The number of rotatable bonds is 6. The summed E-state index contributed by atoms with van der Waals surface area (Å²) in [6, 6.07) is 14.6. The van der Waals surface area contributed by atoms with Gasteiger partial charge in [-0.25, -0.2) is 0 Å². The Morgan fingerprint density at radius 1 is 1.09 bits per heavy atom. The molecule has 0 saturated carbocycles. The first-order valence-electron chi connectivity index (χ1n) is 8.26. The van der Waals surface area contributed by atoms with Crippen LogP contribution in [0.5, 0.6) is 0 Å². The molecule has 4 nitrogen and oxygen atoms in total. The molecule has 122 valence electrons. The third-order valence-electron chi connectivity index (χ3n) is 4.39. The van der Waals surface area contributed by atoms with Gasteiger partial charge in [0.25, 0.3) is 0 Å². The monoisotopic (exact) mass is 330 g/mol. The van der Waals surface area contributed by atoms with Gasteiger partial charge >= 0.3 is 0 Å².